The predicted molar refractivity (Wildman–Crippen MR) is 94.0 cm³/mol. The highest BCUT2D eigenvalue weighted by Crippen LogP contribution is 2.61. The zero-order valence-electron chi connectivity index (χ0n) is 15.9. The van der Waals surface area contributed by atoms with E-state index < -0.39 is 0 Å². The van der Waals surface area contributed by atoms with E-state index in [-0.39, 0.29) is 17.0 Å². The minimum atomic E-state index is -0.314. The minimum absolute atomic E-state index is 0.0861. The third kappa shape index (κ3) is 2.85. The fourth-order valence-electron chi connectivity index (χ4n) is 6.37. The Morgan fingerprint density at radius 3 is 2.00 bits per heavy atom. The van der Waals surface area contributed by atoms with E-state index in [1.165, 1.54) is 32.1 Å². The molecule has 0 spiro atoms. The molecule has 4 rings (SSSR count). The van der Waals surface area contributed by atoms with Gasteiger partial charge >= 0.3 is 5.97 Å². The summed E-state index contributed by atoms with van der Waals surface area (Å²) in [6.07, 6.45) is 9.49. The molecule has 4 saturated carbocycles. The van der Waals surface area contributed by atoms with Crippen LogP contribution in [0.5, 0.6) is 0 Å². The summed E-state index contributed by atoms with van der Waals surface area (Å²) in [5, 5.41) is 0. The number of carbonyl (C=O) groups is 1. The zero-order chi connectivity index (χ0) is 16.8. The molecular formula is C21H36O2. The highest BCUT2D eigenvalue weighted by Gasteiger charge is 2.59. The van der Waals surface area contributed by atoms with Crippen molar-refractivity contribution >= 4 is 5.97 Å². The van der Waals surface area contributed by atoms with E-state index in [1.54, 1.807) is 0 Å². The summed E-state index contributed by atoms with van der Waals surface area (Å²) >= 11 is 0. The molecule has 0 heterocycles. The maximum atomic E-state index is 13.2. The van der Waals surface area contributed by atoms with E-state index in [9.17, 15) is 4.79 Å². The summed E-state index contributed by atoms with van der Waals surface area (Å²) in [4.78, 5) is 13.2. The average Bonchev–Trinajstić information content (AvgIpc) is 2.49. The molecule has 4 fully saturated rings. The second-order valence-corrected chi connectivity index (χ2v) is 9.51. The largest absolute Gasteiger partial charge is 0.458 e. The van der Waals surface area contributed by atoms with Gasteiger partial charge in [-0.2, -0.15) is 0 Å². The molecule has 1 unspecified atom stereocenters. The lowest BCUT2D eigenvalue weighted by Gasteiger charge is -2.60. The molecule has 0 aromatic carbocycles. The van der Waals surface area contributed by atoms with Crippen LogP contribution >= 0.6 is 0 Å². The molecule has 0 amide bonds. The van der Waals surface area contributed by atoms with Crippen molar-refractivity contribution < 1.29 is 9.53 Å². The van der Waals surface area contributed by atoms with Gasteiger partial charge in [-0.15, -0.1) is 0 Å². The van der Waals surface area contributed by atoms with Crippen molar-refractivity contribution in [3.63, 3.8) is 0 Å². The zero-order valence-corrected chi connectivity index (χ0v) is 15.9. The monoisotopic (exact) mass is 320 g/mol. The third-order valence-electron chi connectivity index (χ3n) is 7.49. The Kier molecular flexibility index (Phi) is 4.57. The molecule has 132 valence electrons. The molecule has 4 bridgehead atoms. The van der Waals surface area contributed by atoms with Gasteiger partial charge in [0.25, 0.3) is 0 Å². The van der Waals surface area contributed by atoms with E-state index in [0.29, 0.717) is 17.8 Å². The molecule has 0 aromatic rings. The van der Waals surface area contributed by atoms with Gasteiger partial charge in [-0.1, -0.05) is 27.7 Å². The van der Waals surface area contributed by atoms with Crippen molar-refractivity contribution in [3.8, 4) is 0 Å². The fraction of sp³-hybridized carbons (Fsp3) is 0.952. The second-order valence-electron chi connectivity index (χ2n) is 9.51. The van der Waals surface area contributed by atoms with Crippen LogP contribution in [0.2, 0.25) is 0 Å². The van der Waals surface area contributed by atoms with Crippen molar-refractivity contribution in [2.24, 2.45) is 35.0 Å². The van der Waals surface area contributed by atoms with E-state index in [2.05, 4.69) is 34.6 Å². The molecule has 4 aliphatic rings. The van der Waals surface area contributed by atoms with Crippen LogP contribution in [-0.2, 0) is 9.53 Å². The number of rotatable bonds is 6. The number of hydrogen-bond donors (Lipinski definition) is 0. The summed E-state index contributed by atoms with van der Waals surface area (Å²) in [6, 6.07) is 0. The first-order valence-electron chi connectivity index (χ1n) is 10.1. The molecule has 0 saturated heterocycles. The standard InChI is InChI=1S/C21H36O2/c1-6-20(5,13-14(3)4)19(22)23-21(7-2)17-9-15-8-16(11-17)12-18(21)10-15/h14-18H,6-13H2,1-5H3. The molecular weight excluding hydrogens is 284 g/mol. The number of hydrogen-bond acceptors (Lipinski definition) is 2. The third-order valence-corrected chi connectivity index (χ3v) is 7.49. The van der Waals surface area contributed by atoms with Crippen LogP contribution in [0.1, 0.15) is 86.0 Å². The molecule has 23 heavy (non-hydrogen) atoms. The average molecular weight is 321 g/mol. The van der Waals surface area contributed by atoms with Gasteiger partial charge in [-0.05, 0) is 87.9 Å². The Bertz CT molecular complexity index is 425. The first-order chi connectivity index (χ1) is 10.8. The van der Waals surface area contributed by atoms with Crippen molar-refractivity contribution in [2.45, 2.75) is 91.6 Å². The summed E-state index contributed by atoms with van der Waals surface area (Å²) in [7, 11) is 0. The molecule has 0 radical (unpaired) electrons. The lowest BCUT2D eigenvalue weighted by Crippen LogP contribution is -2.60. The van der Waals surface area contributed by atoms with Crippen LogP contribution in [0.25, 0.3) is 0 Å². The highest BCUT2D eigenvalue weighted by molar-refractivity contribution is 5.77. The van der Waals surface area contributed by atoms with Crippen LogP contribution in [0.15, 0.2) is 0 Å². The van der Waals surface area contributed by atoms with Crippen LogP contribution < -0.4 is 0 Å². The Morgan fingerprint density at radius 2 is 1.61 bits per heavy atom. The smallest absolute Gasteiger partial charge is 0.312 e. The van der Waals surface area contributed by atoms with E-state index in [0.717, 1.165) is 31.1 Å². The summed E-state index contributed by atoms with van der Waals surface area (Å²) in [5.41, 5.74) is -0.455. The number of esters is 1. The molecule has 2 heteroatoms. The first kappa shape index (κ1) is 17.3. The Hall–Kier alpha value is -0.530. The molecule has 0 aliphatic heterocycles. The molecule has 0 aromatic heterocycles. The van der Waals surface area contributed by atoms with Crippen molar-refractivity contribution in [3.05, 3.63) is 0 Å². The molecule has 0 N–H and O–H groups in total. The van der Waals surface area contributed by atoms with Gasteiger partial charge in [-0.25, -0.2) is 0 Å². The SMILES string of the molecule is CCC(C)(CC(C)C)C(=O)OC1(CC)C2CC3CC(C2)CC1C3. The van der Waals surface area contributed by atoms with Gasteiger partial charge in [0.2, 0.25) is 0 Å². The maximum Gasteiger partial charge on any atom is 0.312 e. The first-order valence-corrected chi connectivity index (χ1v) is 10.1. The maximum absolute atomic E-state index is 13.2. The Morgan fingerprint density at radius 1 is 1.09 bits per heavy atom. The van der Waals surface area contributed by atoms with Gasteiger partial charge in [0, 0.05) is 0 Å². The minimum Gasteiger partial charge on any atom is -0.458 e. The van der Waals surface area contributed by atoms with Gasteiger partial charge < -0.3 is 4.74 Å². The topological polar surface area (TPSA) is 26.3 Å². The van der Waals surface area contributed by atoms with Crippen LogP contribution in [0.4, 0.5) is 0 Å². The molecule has 1 atom stereocenters. The normalized spacial score (nSPS) is 41.1. The van der Waals surface area contributed by atoms with Gasteiger partial charge in [-0.3, -0.25) is 4.79 Å². The van der Waals surface area contributed by atoms with Crippen LogP contribution in [0.3, 0.4) is 0 Å². The number of ether oxygens (including phenoxy) is 1. The predicted octanol–water partition coefficient (Wildman–Crippen LogP) is 5.60. The summed E-state index contributed by atoms with van der Waals surface area (Å²) in [5.74, 6) is 3.72. The van der Waals surface area contributed by atoms with Crippen molar-refractivity contribution in [2.75, 3.05) is 0 Å². The number of carbonyl (C=O) groups excluding carboxylic acids is 1. The van der Waals surface area contributed by atoms with Gasteiger partial charge in [0.05, 0.1) is 5.41 Å². The lowest BCUT2D eigenvalue weighted by molar-refractivity contribution is -0.219. The highest BCUT2D eigenvalue weighted by atomic mass is 16.6. The van der Waals surface area contributed by atoms with E-state index >= 15 is 0 Å². The molecule has 2 nitrogen and oxygen atoms in total. The lowest BCUT2D eigenvalue weighted by atomic mass is 9.49. The van der Waals surface area contributed by atoms with Crippen LogP contribution in [0, 0.1) is 35.0 Å². The van der Waals surface area contributed by atoms with E-state index in [4.69, 9.17) is 4.74 Å². The fourth-order valence-corrected chi connectivity index (χ4v) is 6.37. The Labute approximate surface area is 142 Å². The Balaban J connectivity index is 1.80. The van der Waals surface area contributed by atoms with Gasteiger partial charge in [0.15, 0.2) is 0 Å². The summed E-state index contributed by atoms with van der Waals surface area (Å²) in [6.45, 7) is 10.9. The molecule has 4 aliphatic carbocycles. The van der Waals surface area contributed by atoms with Crippen molar-refractivity contribution in [1.29, 1.82) is 0 Å². The van der Waals surface area contributed by atoms with E-state index in [1.807, 2.05) is 0 Å². The quantitative estimate of drug-likeness (QED) is 0.596. The second kappa shape index (κ2) is 6.08. The van der Waals surface area contributed by atoms with Crippen LogP contribution in [-0.4, -0.2) is 11.6 Å². The van der Waals surface area contributed by atoms with Gasteiger partial charge in [0.1, 0.15) is 5.60 Å². The summed E-state index contributed by atoms with van der Waals surface area (Å²) < 4.78 is 6.48. The van der Waals surface area contributed by atoms with Crippen molar-refractivity contribution in [1.82, 2.24) is 0 Å².